The van der Waals surface area contributed by atoms with Crippen LogP contribution in [0, 0.1) is 13.8 Å². The Morgan fingerprint density at radius 2 is 2.04 bits per heavy atom. The Bertz CT molecular complexity index is 1190. The third-order valence-electron chi connectivity index (χ3n) is 6.03. The number of aromatic hydroxyl groups is 1. The van der Waals surface area contributed by atoms with Crippen LogP contribution in [0.3, 0.4) is 0 Å². The van der Waals surface area contributed by atoms with Crippen LogP contribution in [0.2, 0.25) is 0 Å². The molecule has 1 aromatic carbocycles. The summed E-state index contributed by atoms with van der Waals surface area (Å²) < 4.78 is 7.68. The van der Waals surface area contributed by atoms with Crippen LogP contribution < -0.4 is 0 Å². The molecule has 5 rings (SSSR count). The molecule has 0 saturated carbocycles. The van der Waals surface area contributed by atoms with E-state index in [1.54, 1.807) is 12.3 Å². The van der Waals surface area contributed by atoms with Crippen LogP contribution in [-0.4, -0.2) is 44.9 Å². The first-order valence-electron chi connectivity index (χ1n) is 9.77. The van der Waals surface area contributed by atoms with Crippen molar-refractivity contribution in [3.05, 3.63) is 41.8 Å². The van der Waals surface area contributed by atoms with Crippen molar-refractivity contribution < 1.29 is 9.52 Å². The minimum absolute atomic E-state index is 0.189. The Labute approximate surface area is 163 Å². The highest BCUT2D eigenvalue weighted by Gasteiger charge is 2.24. The highest BCUT2D eigenvalue weighted by Crippen LogP contribution is 2.39. The number of phenols is 1. The highest BCUT2D eigenvalue weighted by atomic mass is 16.3. The Kier molecular flexibility index (Phi) is 3.91. The minimum Gasteiger partial charge on any atom is -0.506 e. The number of fused-ring (bicyclic) bond motifs is 2. The number of hydrogen-bond acceptors (Lipinski definition) is 5. The van der Waals surface area contributed by atoms with E-state index < -0.39 is 0 Å². The van der Waals surface area contributed by atoms with Gasteiger partial charge < -0.3 is 19.0 Å². The van der Waals surface area contributed by atoms with E-state index in [1.807, 2.05) is 12.1 Å². The summed E-state index contributed by atoms with van der Waals surface area (Å²) in [4.78, 5) is 2.38. The van der Waals surface area contributed by atoms with Gasteiger partial charge in [-0.15, -0.1) is 10.2 Å². The Morgan fingerprint density at radius 1 is 1.18 bits per heavy atom. The van der Waals surface area contributed by atoms with Gasteiger partial charge in [0.25, 0.3) is 0 Å². The molecule has 4 aromatic rings. The van der Waals surface area contributed by atoms with Gasteiger partial charge in [-0.25, -0.2) is 0 Å². The van der Waals surface area contributed by atoms with Crippen LogP contribution in [-0.2, 0) is 0 Å². The number of rotatable bonds is 2. The first-order valence-corrected chi connectivity index (χ1v) is 9.77. The van der Waals surface area contributed by atoms with E-state index in [2.05, 4.69) is 46.8 Å². The largest absolute Gasteiger partial charge is 0.506 e. The SMILES string of the molecule is Cc1cn([C@@H]2CCCN(C)C2)c2nnc(-c3ccc4occc4c3O)c(C)c12. The predicted octanol–water partition coefficient (Wildman–Crippen LogP) is 4.43. The van der Waals surface area contributed by atoms with Gasteiger partial charge in [0.2, 0.25) is 0 Å². The average Bonchev–Trinajstić information content (AvgIpc) is 3.28. The lowest BCUT2D eigenvalue weighted by molar-refractivity contribution is 0.214. The lowest BCUT2D eigenvalue weighted by Crippen LogP contribution is -2.33. The topological polar surface area (TPSA) is 67.3 Å². The second kappa shape index (κ2) is 6.34. The maximum atomic E-state index is 10.8. The van der Waals surface area contributed by atoms with E-state index in [4.69, 9.17) is 4.42 Å². The van der Waals surface area contributed by atoms with Crippen LogP contribution in [0.5, 0.6) is 5.75 Å². The van der Waals surface area contributed by atoms with E-state index in [0.29, 0.717) is 22.6 Å². The van der Waals surface area contributed by atoms with Gasteiger partial charge in [-0.3, -0.25) is 0 Å². The average molecular weight is 376 g/mol. The number of aromatic nitrogens is 3. The van der Waals surface area contributed by atoms with Crippen LogP contribution in [0.1, 0.15) is 30.0 Å². The summed E-state index contributed by atoms with van der Waals surface area (Å²) in [6, 6.07) is 5.92. The van der Waals surface area contributed by atoms with Crippen LogP contribution in [0.15, 0.2) is 35.1 Å². The van der Waals surface area contributed by atoms with Crippen molar-refractivity contribution in [2.75, 3.05) is 20.1 Å². The molecule has 0 bridgehead atoms. The van der Waals surface area contributed by atoms with E-state index >= 15 is 0 Å². The van der Waals surface area contributed by atoms with E-state index in [9.17, 15) is 5.11 Å². The van der Waals surface area contributed by atoms with Crippen molar-refractivity contribution in [3.63, 3.8) is 0 Å². The van der Waals surface area contributed by atoms with Gasteiger partial charge in [0.15, 0.2) is 5.65 Å². The molecule has 1 aliphatic rings. The monoisotopic (exact) mass is 376 g/mol. The zero-order chi connectivity index (χ0) is 19.4. The van der Waals surface area contributed by atoms with Gasteiger partial charge in [0, 0.05) is 29.7 Å². The van der Waals surface area contributed by atoms with Crippen molar-refractivity contribution in [2.45, 2.75) is 32.7 Å². The maximum Gasteiger partial charge on any atom is 0.163 e. The molecule has 0 unspecified atom stereocenters. The van der Waals surface area contributed by atoms with Crippen molar-refractivity contribution in [2.24, 2.45) is 0 Å². The number of likely N-dealkylation sites (N-methyl/N-ethyl adjacent to an activating group) is 1. The smallest absolute Gasteiger partial charge is 0.163 e. The number of hydrogen-bond donors (Lipinski definition) is 1. The van der Waals surface area contributed by atoms with E-state index in [1.165, 1.54) is 12.0 Å². The molecule has 1 aliphatic heterocycles. The molecule has 28 heavy (non-hydrogen) atoms. The van der Waals surface area contributed by atoms with Crippen molar-refractivity contribution in [1.82, 2.24) is 19.7 Å². The molecule has 0 amide bonds. The Hall–Kier alpha value is -2.86. The summed E-state index contributed by atoms with van der Waals surface area (Å²) >= 11 is 0. The molecule has 1 N–H and O–H groups in total. The molecule has 144 valence electrons. The second-order valence-electron chi connectivity index (χ2n) is 7.94. The Balaban J connectivity index is 1.67. The lowest BCUT2D eigenvalue weighted by Gasteiger charge is -2.30. The number of piperidine rings is 1. The molecule has 1 saturated heterocycles. The molecular formula is C22H24N4O2. The van der Waals surface area contributed by atoms with Gasteiger partial charge in [0.1, 0.15) is 17.0 Å². The van der Waals surface area contributed by atoms with Gasteiger partial charge in [-0.2, -0.15) is 0 Å². The summed E-state index contributed by atoms with van der Waals surface area (Å²) in [5, 5.41) is 21.7. The standard InChI is InChI=1S/C22H24N4O2/c1-13-11-26(15-5-4-9-25(3)12-15)22-19(13)14(2)20(23-24-22)17-6-7-18-16(21(17)27)8-10-28-18/h6-8,10-11,15,27H,4-5,9,12H2,1-3H3/t15-/m1/s1. The zero-order valence-corrected chi connectivity index (χ0v) is 16.4. The fraction of sp³-hybridized carbons (Fsp3) is 0.364. The summed E-state index contributed by atoms with van der Waals surface area (Å²) in [6.07, 6.45) is 6.15. The molecule has 4 heterocycles. The summed E-state index contributed by atoms with van der Waals surface area (Å²) in [6.45, 7) is 6.38. The van der Waals surface area contributed by atoms with E-state index in [0.717, 1.165) is 41.8 Å². The molecule has 0 aliphatic carbocycles. The van der Waals surface area contributed by atoms with Gasteiger partial charge in [-0.05, 0) is 69.6 Å². The van der Waals surface area contributed by atoms with Crippen LogP contribution in [0.4, 0.5) is 0 Å². The predicted molar refractivity (Wildman–Crippen MR) is 110 cm³/mol. The second-order valence-corrected chi connectivity index (χ2v) is 7.94. The van der Waals surface area contributed by atoms with Crippen molar-refractivity contribution in [3.8, 4) is 17.0 Å². The number of phenolic OH excluding ortho intramolecular Hbond substituents is 1. The molecule has 6 heteroatoms. The molecular weight excluding hydrogens is 352 g/mol. The molecule has 0 radical (unpaired) electrons. The first-order chi connectivity index (χ1) is 13.5. The van der Waals surface area contributed by atoms with Crippen molar-refractivity contribution in [1.29, 1.82) is 0 Å². The number of benzene rings is 1. The molecule has 1 fully saturated rings. The summed E-state index contributed by atoms with van der Waals surface area (Å²) in [5.41, 5.74) is 5.24. The fourth-order valence-corrected chi connectivity index (χ4v) is 4.62. The highest BCUT2D eigenvalue weighted by molar-refractivity contribution is 5.94. The zero-order valence-electron chi connectivity index (χ0n) is 16.4. The third kappa shape index (κ3) is 2.52. The lowest BCUT2D eigenvalue weighted by atomic mass is 10.0. The fourth-order valence-electron chi connectivity index (χ4n) is 4.62. The normalized spacial score (nSPS) is 18.3. The van der Waals surface area contributed by atoms with E-state index in [-0.39, 0.29) is 5.75 Å². The number of aryl methyl sites for hydroxylation is 2. The minimum atomic E-state index is 0.189. The molecule has 0 spiro atoms. The van der Waals surface area contributed by atoms with Crippen molar-refractivity contribution >= 4 is 22.0 Å². The summed E-state index contributed by atoms with van der Waals surface area (Å²) in [7, 11) is 2.18. The number of furan rings is 1. The van der Waals surface area contributed by atoms with Gasteiger partial charge in [-0.1, -0.05) is 0 Å². The molecule has 1 atom stereocenters. The van der Waals surface area contributed by atoms with Crippen LogP contribution in [0.25, 0.3) is 33.3 Å². The van der Waals surface area contributed by atoms with Crippen LogP contribution >= 0.6 is 0 Å². The molecule has 6 nitrogen and oxygen atoms in total. The first kappa shape index (κ1) is 17.3. The third-order valence-corrected chi connectivity index (χ3v) is 6.03. The molecule has 3 aromatic heterocycles. The number of likely N-dealkylation sites (tertiary alicyclic amines) is 1. The quantitative estimate of drug-likeness (QED) is 0.560. The van der Waals surface area contributed by atoms with Gasteiger partial charge in [0.05, 0.1) is 11.6 Å². The summed E-state index contributed by atoms with van der Waals surface area (Å²) in [5.74, 6) is 0.189. The maximum absolute atomic E-state index is 10.8. The van der Waals surface area contributed by atoms with Gasteiger partial charge >= 0.3 is 0 Å². The Morgan fingerprint density at radius 3 is 2.86 bits per heavy atom. The number of nitrogens with zero attached hydrogens (tertiary/aromatic N) is 4.